The molecule has 6 heteroatoms. The maximum Gasteiger partial charge on any atom is 0.146 e. The van der Waals surface area contributed by atoms with Gasteiger partial charge in [-0.25, -0.2) is 9.97 Å². The van der Waals surface area contributed by atoms with Crippen LogP contribution in [0.15, 0.2) is 10.8 Å². The van der Waals surface area contributed by atoms with Gasteiger partial charge < -0.3 is 15.7 Å². The molecule has 18 heavy (non-hydrogen) atoms. The molecule has 0 spiro atoms. The molecule has 1 aliphatic rings. The van der Waals surface area contributed by atoms with Gasteiger partial charge in [0.1, 0.15) is 22.4 Å². The SMILES string of the molecule is CCCNc1ncnc(NCC(O)C2CC2)c1Br. The number of aromatic nitrogens is 2. The lowest BCUT2D eigenvalue weighted by Gasteiger charge is -2.14. The average molecular weight is 315 g/mol. The lowest BCUT2D eigenvalue weighted by molar-refractivity contribution is 0.164. The second-order valence-corrected chi connectivity index (χ2v) is 5.39. The van der Waals surface area contributed by atoms with Crippen molar-refractivity contribution < 1.29 is 5.11 Å². The lowest BCUT2D eigenvalue weighted by Crippen LogP contribution is -2.22. The van der Waals surface area contributed by atoms with Crippen LogP contribution < -0.4 is 10.6 Å². The summed E-state index contributed by atoms with van der Waals surface area (Å²) in [4.78, 5) is 8.36. The van der Waals surface area contributed by atoms with Gasteiger partial charge in [0, 0.05) is 13.1 Å². The molecule has 1 saturated carbocycles. The Morgan fingerprint density at radius 1 is 1.39 bits per heavy atom. The van der Waals surface area contributed by atoms with Gasteiger partial charge in [0.05, 0.1) is 6.10 Å². The normalized spacial score (nSPS) is 16.4. The fraction of sp³-hybridized carbons (Fsp3) is 0.667. The third kappa shape index (κ3) is 3.55. The predicted octanol–water partition coefficient (Wildman–Crippen LogP) is 2.24. The van der Waals surface area contributed by atoms with Crippen molar-refractivity contribution in [2.75, 3.05) is 23.7 Å². The van der Waals surface area contributed by atoms with Crippen molar-refractivity contribution >= 4 is 27.6 Å². The summed E-state index contributed by atoms with van der Waals surface area (Å²) in [6.07, 6.45) is 4.56. The van der Waals surface area contributed by atoms with Crippen molar-refractivity contribution in [3.05, 3.63) is 10.8 Å². The smallest absolute Gasteiger partial charge is 0.146 e. The summed E-state index contributed by atoms with van der Waals surface area (Å²) in [6, 6.07) is 0. The molecule has 1 aromatic heterocycles. The molecule has 1 atom stereocenters. The number of hydrogen-bond acceptors (Lipinski definition) is 5. The number of anilines is 2. The van der Waals surface area contributed by atoms with Crippen LogP contribution in [0.5, 0.6) is 0 Å². The topological polar surface area (TPSA) is 70.1 Å². The zero-order valence-electron chi connectivity index (χ0n) is 10.5. The van der Waals surface area contributed by atoms with Crippen molar-refractivity contribution in [2.45, 2.75) is 32.3 Å². The van der Waals surface area contributed by atoms with E-state index in [1.807, 2.05) is 0 Å². The van der Waals surface area contributed by atoms with Gasteiger partial charge in [0.2, 0.25) is 0 Å². The molecule has 1 heterocycles. The van der Waals surface area contributed by atoms with E-state index in [1.165, 1.54) is 6.33 Å². The number of aliphatic hydroxyl groups excluding tert-OH is 1. The Bertz CT molecular complexity index is 398. The first-order chi connectivity index (χ1) is 8.72. The minimum atomic E-state index is -0.279. The average Bonchev–Trinajstić information content (AvgIpc) is 3.20. The standard InChI is InChI=1S/C12H19BrN4O/c1-2-5-14-11-10(13)12(17-7-16-11)15-6-9(18)8-3-4-8/h7-9,18H,2-6H2,1H3,(H2,14,15,16,17). The minimum absolute atomic E-state index is 0.279. The second kappa shape index (κ2) is 6.33. The van der Waals surface area contributed by atoms with Crippen LogP contribution in [-0.4, -0.2) is 34.3 Å². The minimum Gasteiger partial charge on any atom is -0.391 e. The number of hydrogen-bond donors (Lipinski definition) is 3. The first-order valence-electron chi connectivity index (χ1n) is 6.38. The summed E-state index contributed by atoms with van der Waals surface area (Å²) in [5.74, 6) is 1.98. The highest BCUT2D eigenvalue weighted by molar-refractivity contribution is 9.10. The van der Waals surface area contributed by atoms with E-state index in [2.05, 4.69) is 43.5 Å². The van der Waals surface area contributed by atoms with Crippen LogP contribution in [0.25, 0.3) is 0 Å². The molecule has 1 unspecified atom stereocenters. The maximum atomic E-state index is 9.82. The van der Waals surface area contributed by atoms with Crippen LogP contribution in [0.1, 0.15) is 26.2 Å². The van der Waals surface area contributed by atoms with Crippen LogP contribution in [0, 0.1) is 5.92 Å². The fourth-order valence-electron chi connectivity index (χ4n) is 1.71. The van der Waals surface area contributed by atoms with Gasteiger partial charge in [-0.1, -0.05) is 6.92 Å². The summed E-state index contributed by atoms with van der Waals surface area (Å²) in [6.45, 7) is 3.51. The summed E-state index contributed by atoms with van der Waals surface area (Å²) < 4.78 is 0.821. The molecule has 0 saturated heterocycles. The Kier molecular flexibility index (Phi) is 4.77. The Morgan fingerprint density at radius 2 is 2.06 bits per heavy atom. The highest BCUT2D eigenvalue weighted by Crippen LogP contribution is 2.33. The molecule has 1 aliphatic carbocycles. The number of nitrogens with one attached hydrogen (secondary N) is 2. The third-order valence-corrected chi connectivity index (χ3v) is 3.73. The fourth-order valence-corrected chi connectivity index (χ4v) is 2.19. The van der Waals surface area contributed by atoms with Crippen LogP contribution >= 0.6 is 15.9 Å². The summed E-state index contributed by atoms with van der Waals surface area (Å²) in [5.41, 5.74) is 0. The monoisotopic (exact) mass is 314 g/mol. The second-order valence-electron chi connectivity index (χ2n) is 4.60. The first kappa shape index (κ1) is 13.5. The summed E-state index contributed by atoms with van der Waals surface area (Å²) in [5, 5.41) is 16.2. The third-order valence-electron chi connectivity index (χ3n) is 2.98. The van der Waals surface area contributed by atoms with Crippen molar-refractivity contribution in [2.24, 2.45) is 5.92 Å². The lowest BCUT2D eigenvalue weighted by atomic mass is 10.2. The van der Waals surface area contributed by atoms with Crippen LogP contribution in [0.4, 0.5) is 11.6 Å². The number of aliphatic hydroxyl groups is 1. The molecule has 100 valence electrons. The molecular formula is C12H19BrN4O. The largest absolute Gasteiger partial charge is 0.391 e. The molecule has 3 N–H and O–H groups in total. The van der Waals surface area contributed by atoms with Gasteiger partial charge in [-0.2, -0.15) is 0 Å². The molecule has 0 radical (unpaired) electrons. The van der Waals surface area contributed by atoms with Crippen LogP contribution in [-0.2, 0) is 0 Å². The van der Waals surface area contributed by atoms with Crippen molar-refractivity contribution in [3.8, 4) is 0 Å². The van der Waals surface area contributed by atoms with Gasteiger partial charge in [0.15, 0.2) is 0 Å². The number of halogens is 1. The zero-order valence-corrected chi connectivity index (χ0v) is 12.1. The molecular weight excluding hydrogens is 296 g/mol. The maximum absolute atomic E-state index is 9.82. The summed E-state index contributed by atoms with van der Waals surface area (Å²) >= 11 is 3.48. The molecule has 5 nitrogen and oxygen atoms in total. The van der Waals surface area contributed by atoms with E-state index in [9.17, 15) is 5.11 Å². The van der Waals surface area contributed by atoms with Gasteiger partial charge in [0.25, 0.3) is 0 Å². The Labute approximate surface area is 116 Å². The van der Waals surface area contributed by atoms with E-state index in [-0.39, 0.29) is 6.10 Å². The van der Waals surface area contributed by atoms with Crippen molar-refractivity contribution in [1.29, 1.82) is 0 Å². The highest BCUT2D eigenvalue weighted by Gasteiger charge is 2.29. The van der Waals surface area contributed by atoms with Crippen molar-refractivity contribution in [3.63, 3.8) is 0 Å². The van der Waals surface area contributed by atoms with Crippen LogP contribution in [0.2, 0.25) is 0 Å². The van der Waals surface area contributed by atoms with Gasteiger partial charge in [-0.15, -0.1) is 0 Å². The Balaban J connectivity index is 1.94. The molecule has 0 aromatic carbocycles. The van der Waals surface area contributed by atoms with E-state index >= 15 is 0 Å². The van der Waals surface area contributed by atoms with Crippen LogP contribution in [0.3, 0.4) is 0 Å². The highest BCUT2D eigenvalue weighted by atomic mass is 79.9. The Morgan fingerprint density at radius 3 is 2.67 bits per heavy atom. The van der Waals surface area contributed by atoms with E-state index in [4.69, 9.17) is 0 Å². The summed E-state index contributed by atoms with van der Waals surface area (Å²) in [7, 11) is 0. The van der Waals surface area contributed by atoms with E-state index < -0.39 is 0 Å². The van der Waals surface area contributed by atoms with Gasteiger partial charge >= 0.3 is 0 Å². The Hall–Kier alpha value is -0.880. The molecule has 0 aliphatic heterocycles. The molecule has 1 fully saturated rings. The van der Waals surface area contributed by atoms with E-state index in [1.54, 1.807) is 0 Å². The van der Waals surface area contributed by atoms with Gasteiger partial charge in [-0.05, 0) is 41.1 Å². The van der Waals surface area contributed by atoms with Gasteiger partial charge in [-0.3, -0.25) is 0 Å². The molecule has 0 amide bonds. The molecule has 2 rings (SSSR count). The first-order valence-corrected chi connectivity index (χ1v) is 7.18. The molecule has 1 aromatic rings. The zero-order chi connectivity index (χ0) is 13.0. The predicted molar refractivity (Wildman–Crippen MR) is 75.7 cm³/mol. The molecule has 0 bridgehead atoms. The van der Waals surface area contributed by atoms with Crippen molar-refractivity contribution in [1.82, 2.24) is 9.97 Å². The number of rotatable bonds is 7. The number of nitrogens with zero attached hydrogens (tertiary/aromatic N) is 2. The quantitative estimate of drug-likeness (QED) is 0.720. The van der Waals surface area contributed by atoms with E-state index in [0.717, 1.165) is 41.9 Å². The van der Waals surface area contributed by atoms with E-state index in [0.29, 0.717) is 12.5 Å².